The van der Waals surface area contributed by atoms with E-state index in [2.05, 4.69) is 14.3 Å². The average molecular weight is 205 g/mol. The Balaban J connectivity index is 2.39. The molecule has 0 saturated carbocycles. The Morgan fingerprint density at radius 3 is 2.64 bits per heavy atom. The van der Waals surface area contributed by atoms with Gasteiger partial charge in [0.15, 0.2) is 11.6 Å². The largest absolute Gasteiger partial charge is 0.294 e. The van der Waals surface area contributed by atoms with E-state index in [9.17, 15) is 4.79 Å². The molecule has 0 aliphatic carbocycles. The summed E-state index contributed by atoms with van der Waals surface area (Å²) in [6.07, 6.45) is 3.30. The number of ketones is 1. The van der Waals surface area contributed by atoms with Gasteiger partial charge in [-0.05, 0) is 23.7 Å². The van der Waals surface area contributed by atoms with E-state index in [1.54, 1.807) is 24.5 Å². The molecular formula is C9H7N3OS. The first-order valence-electron chi connectivity index (χ1n) is 4.02. The molecule has 2 aromatic rings. The standard InChI is InChI=1S/C9H7N3OS/c1-6(13)8-5-7(12-14-8)9-10-3-2-4-11-9/h2-5H,1H3. The van der Waals surface area contributed by atoms with Gasteiger partial charge in [0.1, 0.15) is 5.69 Å². The van der Waals surface area contributed by atoms with Crippen LogP contribution in [0.4, 0.5) is 0 Å². The minimum absolute atomic E-state index is 0.0182. The molecular weight excluding hydrogens is 198 g/mol. The molecule has 5 heteroatoms. The van der Waals surface area contributed by atoms with Gasteiger partial charge in [-0.25, -0.2) is 9.97 Å². The number of Topliss-reactive ketones (excluding diaryl/α,β-unsaturated/α-hetero) is 1. The predicted molar refractivity (Wildman–Crippen MR) is 53.1 cm³/mol. The maximum Gasteiger partial charge on any atom is 0.179 e. The number of rotatable bonds is 2. The van der Waals surface area contributed by atoms with Crippen molar-refractivity contribution in [1.29, 1.82) is 0 Å². The molecule has 0 bridgehead atoms. The van der Waals surface area contributed by atoms with E-state index in [-0.39, 0.29) is 5.78 Å². The van der Waals surface area contributed by atoms with Crippen LogP contribution in [-0.4, -0.2) is 20.1 Å². The van der Waals surface area contributed by atoms with E-state index < -0.39 is 0 Å². The highest BCUT2D eigenvalue weighted by molar-refractivity contribution is 7.08. The Morgan fingerprint density at radius 1 is 1.36 bits per heavy atom. The summed E-state index contributed by atoms with van der Waals surface area (Å²) < 4.78 is 4.10. The number of carbonyl (C=O) groups excluding carboxylic acids is 1. The molecule has 0 N–H and O–H groups in total. The number of carbonyl (C=O) groups is 1. The summed E-state index contributed by atoms with van der Waals surface area (Å²) >= 11 is 1.17. The smallest absolute Gasteiger partial charge is 0.179 e. The first-order valence-corrected chi connectivity index (χ1v) is 4.80. The minimum Gasteiger partial charge on any atom is -0.294 e. The van der Waals surface area contributed by atoms with Crippen molar-refractivity contribution in [3.05, 3.63) is 29.4 Å². The Hall–Kier alpha value is -1.62. The van der Waals surface area contributed by atoms with E-state index >= 15 is 0 Å². The monoisotopic (exact) mass is 205 g/mol. The fourth-order valence-corrected chi connectivity index (χ4v) is 1.60. The van der Waals surface area contributed by atoms with Crippen LogP contribution in [0, 0.1) is 0 Å². The van der Waals surface area contributed by atoms with Crippen molar-refractivity contribution in [2.75, 3.05) is 0 Å². The second-order valence-corrected chi connectivity index (χ2v) is 3.51. The lowest BCUT2D eigenvalue weighted by Gasteiger charge is -1.90. The Labute approximate surface area is 84.8 Å². The molecule has 0 amide bonds. The fraction of sp³-hybridized carbons (Fsp3) is 0.111. The maximum atomic E-state index is 11.0. The summed E-state index contributed by atoms with van der Waals surface area (Å²) in [6, 6.07) is 3.45. The van der Waals surface area contributed by atoms with E-state index in [0.29, 0.717) is 16.4 Å². The normalized spacial score (nSPS) is 10.1. The van der Waals surface area contributed by atoms with Crippen molar-refractivity contribution in [2.45, 2.75) is 6.92 Å². The van der Waals surface area contributed by atoms with Crippen LogP contribution in [0.1, 0.15) is 16.6 Å². The summed E-state index contributed by atoms with van der Waals surface area (Å²) in [5.74, 6) is 0.570. The van der Waals surface area contributed by atoms with Gasteiger partial charge in [0.2, 0.25) is 0 Å². The van der Waals surface area contributed by atoms with Crippen molar-refractivity contribution in [1.82, 2.24) is 14.3 Å². The van der Waals surface area contributed by atoms with Gasteiger partial charge in [0.05, 0.1) is 4.88 Å². The third kappa shape index (κ3) is 1.67. The molecule has 0 fully saturated rings. The van der Waals surface area contributed by atoms with Gasteiger partial charge in [0, 0.05) is 19.3 Å². The molecule has 2 heterocycles. The molecule has 0 aliphatic rings. The van der Waals surface area contributed by atoms with Gasteiger partial charge < -0.3 is 0 Å². The lowest BCUT2D eigenvalue weighted by molar-refractivity contribution is 0.102. The van der Waals surface area contributed by atoms with Crippen LogP contribution in [0.15, 0.2) is 24.5 Å². The summed E-state index contributed by atoms with van der Waals surface area (Å²) in [5.41, 5.74) is 0.654. The van der Waals surface area contributed by atoms with Gasteiger partial charge in [-0.2, -0.15) is 4.37 Å². The van der Waals surface area contributed by atoms with Gasteiger partial charge >= 0.3 is 0 Å². The van der Waals surface area contributed by atoms with Crippen LogP contribution in [0.5, 0.6) is 0 Å². The molecule has 2 aromatic heterocycles. The number of hydrogen-bond donors (Lipinski definition) is 0. The number of hydrogen-bond acceptors (Lipinski definition) is 5. The van der Waals surface area contributed by atoms with Crippen LogP contribution in [0.2, 0.25) is 0 Å². The molecule has 0 aliphatic heterocycles. The predicted octanol–water partition coefficient (Wildman–Crippen LogP) is 1.80. The lowest BCUT2D eigenvalue weighted by Crippen LogP contribution is -1.87. The minimum atomic E-state index is 0.0182. The Kier molecular flexibility index (Phi) is 2.32. The lowest BCUT2D eigenvalue weighted by atomic mass is 10.3. The van der Waals surface area contributed by atoms with Crippen LogP contribution < -0.4 is 0 Å². The van der Waals surface area contributed by atoms with E-state index in [1.165, 1.54) is 18.5 Å². The molecule has 0 spiro atoms. The van der Waals surface area contributed by atoms with Crippen molar-refractivity contribution in [3.8, 4) is 11.5 Å². The third-order valence-electron chi connectivity index (χ3n) is 1.65. The SMILES string of the molecule is CC(=O)c1cc(-c2ncccn2)ns1. The molecule has 2 rings (SSSR count). The van der Waals surface area contributed by atoms with Gasteiger partial charge in [-0.1, -0.05) is 0 Å². The van der Waals surface area contributed by atoms with E-state index in [0.717, 1.165) is 0 Å². The highest BCUT2D eigenvalue weighted by atomic mass is 32.1. The van der Waals surface area contributed by atoms with Crippen molar-refractivity contribution >= 4 is 17.3 Å². The molecule has 0 saturated heterocycles. The Bertz CT molecular complexity index is 452. The maximum absolute atomic E-state index is 11.0. The first kappa shape index (κ1) is 8.96. The summed E-state index contributed by atoms with van der Waals surface area (Å²) in [5, 5.41) is 0. The molecule has 0 aromatic carbocycles. The fourth-order valence-electron chi connectivity index (χ4n) is 0.978. The summed E-state index contributed by atoms with van der Waals surface area (Å²) in [4.78, 5) is 19.7. The molecule has 0 unspecified atom stereocenters. The van der Waals surface area contributed by atoms with Gasteiger partial charge in [-0.3, -0.25) is 4.79 Å². The zero-order valence-corrected chi connectivity index (χ0v) is 8.28. The zero-order valence-electron chi connectivity index (χ0n) is 7.47. The second-order valence-electron chi connectivity index (χ2n) is 2.70. The molecule has 4 nitrogen and oxygen atoms in total. The van der Waals surface area contributed by atoms with Crippen LogP contribution in [0.3, 0.4) is 0 Å². The van der Waals surface area contributed by atoms with Crippen molar-refractivity contribution in [2.24, 2.45) is 0 Å². The molecule has 0 radical (unpaired) electrons. The first-order chi connectivity index (χ1) is 6.77. The van der Waals surface area contributed by atoms with Gasteiger partial charge in [-0.15, -0.1) is 0 Å². The summed E-state index contributed by atoms with van der Waals surface area (Å²) in [6.45, 7) is 1.52. The van der Waals surface area contributed by atoms with Crippen LogP contribution >= 0.6 is 11.5 Å². The number of aromatic nitrogens is 3. The zero-order chi connectivity index (χ0) is 9.97. The number of nitrogens with zero attached hydrogens (tertiary/aromatic N) is 3. The van der Waals surface area contributed by atoms with Gasteiger partial charge in [0.25, 0.3) is 0 Å². The Morgan fingerprint density at radius 2 is 2.07 bits per heavy atom. The van der Waals surface area contributed by atoms with Crippen molar-refractivity contribution in [3.63, 3.8) is 0 Å². The molecule has 70 valence electrons. The quantitative estimate of drug-likeness (QED) is 0.701. The third-order valence-corrected chi connectivity index (χ3v) is 2.54. The average Bonchev–Trinajstić information content (AvgIpc) is 2.68. The highest BCUT2D eigenvalue weighted by Crippen LogP contribution is 2.17. The van der Waals surface area contributed by atoms with Crippen LogP contribution in [-0.2, 0) is 0 Å². The highest BCUT2D eigenvalue weighted by Gasteiger charge is 2.08. The van der Waals surface area contributed by atoms with E-state index in [4.69, 9.17) is 0 Å². The molecule has 14 heavy (non-hydrogen) atoms. The van der Waals surface area contributed by atoms with E-state index in [1.807, 2.05) is 0 Å². The summed E-state index contributed by atoms with van der Waals surface area (Å²) in [7, 11) is 0. The van der Waals surface area contributed by atoms with Crippen molar-refractivity contribution < 1.29 is 4.79 Å². The van der Waals surface area contributed by atoms with Crippen LogP contribution in [0.25, 0.3) is 11.5 Å². The second kappa shape index (κ2) is 3.63. The topological polar surface area (TPSA) is 55.7 Å². The molecule has 0 atom stereocenters.